The number of fused-ring (bicyclic) bond motifs is 1. The van der Waals surface area contributed by atoms with Crippen molar-refractivity contribution in [3.8, 4) is 0 Å². The van der Waals surface area contributed by atoms with E-state index >= 15 is 0 Å². The fourth-order valence-corrected chi connectivity index (χ4v) is 5.22. The molecule has 1 atom stereocenters. The summed E-state index contributed by atoms with van der Waals surface area (Å²) in [5.74, 6) is 0.737. The van der Waals surface area contributed by atoms with E-state index in [4.69, 9.17) is 0 Å². The van der Waals surface area contributed by atoms with Crippen LogP contribution in [0.15, 0.2) is 17.0 Å². The molecule has 3 N–H and O–H groups in total. The number of aromatic amines is 1. The van der Waals surface area contributed by atoms with Crippen molar-refractivity contribution in [1.82, 2.24) is 9.97 Å². The largest absolute Gasteiger partial charge is 0.342 e. The number of hydrogen-bond acceptors (Lipinski definition) is 5. The van der Waals surface area contributed by atoms with Crippen molar-refractivity contribution in [1.29, 1.82) is 0 Å². The van der Waals surface area contributed by atoms with E-state index in [2.05, 4.69) is 16.9 Å². The second-order valence-electron chi connectivity index (χ2n) is 8.89. The number of nitrogens with one attached hydrogen (secondary N) is 1. The van der Waals surface area contributed by atoms with Crippen molar-refractivity contribution < 1.29 is 25.9 Å². The van der Waals surface area contributed by atoms with Crippen molar-refractivity contribution in [2.45, 2.75) is 107 Å². The van der Waals surface area contributed by atoms with Gasteiger partial charge in [-0.15, -0.1) is 0 Å². The summed E-state index contributed by atoms with van der Waals surface area (Å²) in [6.45, 7) is 3.58. The first kappa shape index (κ1) is 32.2. The number of nitrogens with zero attached hydrogens (tertiary/aromatic N) is 1. The van der Waals surface area contributed by atoms with Crippen molar-refractivity contribution >= 4 is 82.7 Å². The maximum atomic E-state index is 11.9. The molecule has 0 fully saturated rings. The predicted molar refractivity (Wildman–Crippen MR) is 137 cm³/mol. The number of H-pyrrole nitrogens is 1. The molecule has 0 amide bonds. The van der Waals surface area contributed by atoms with Crippen LogP contribution in [-0.4, -0.2) is 92.5 Å². The average Bonchev–Trinajstić information content (AvgIpc) is 3.14. The van der Waals surface area contributed by atoms with Crippen molar-refractivity contribution in [2.75, 3.05) is 0 Å². The molecule has 1 aromatic heterocycles. The fraction of sp³-hybridized carbons (Fsp3) is 0.696. The number of rotatable bonds is 16. The molecule has 0 aliphatic heterocycles. The van der Waals surface area contributed by atoms with Gasteiger partial charge in [0.2, 0.25) is 0 Å². The van der Waals surface area contributed by atoms with Crippen LogP contribution in [-0.2, 0) is 33.1 Å². The van der Waals surface area contributed by atoms with Gasteiger partial charge in [-0.05, 0) is 43.9 Å². The molecule has 1 radical (unpaired) electrons. The Bertz CT molecular complexity index is 1100. The summed E-state index contributed by atoms with van der Waals surface area (Å²) in [6, 6.07) is 2.82. The molecule has 1 heterocycles. The van der Waals surface area contributed by atoms with E-state index in [1.54, 1.807) is 0 Å². The molecule has 2 aromatic rings. The molecule has 11 heteroatoms. The molecule has 0 aliphatic carbocycles. The molecule has 0 saturated heterocycles. The zero-order valence-electron chi connectivity index (χ0n) is 20.7. The monoisotopic (exact) mass is 541 g/mol. The van der Waals surface area contributed by atoms with Gasteiger partial charge in [-0.25, -0.2) is 4.98 Å². The third-order valence-corrected chi connectivity index (χ3v) is 8.32. The third kappa shape index (κ3) is 10.6. The Kier molecular flexibility index (Phi) is 14.6. The summed E-state index contributed by atoms with van der Waals surface area (Å²) in [5.41, 5.74) is 1.33. The van der Waals surface area contributed by atoms with E-state index in [0.717, 1.165) is 25.1 Å². The second-order valence-corrected chi connectivity index (χ2v) is 12.1. The summed E-state index contributed by atoms with van der Waals surface area (Å²) < 4.78 is 65.3. The van der Waals surface area contributed by atoms with Crippen LogP contribution in [0.3, 0.4) is 0 Å². The van der Waals surface area contributed by atoms with Crippen LogP contribution in [0.5, 0.6) is 0 Å². The molecule has 189 valence electrons. The molecule has 0 saturated carbocycles. The van der Waals surface area contributed by atoms with Crippen LogP contribution >= 0.6 is 0 Å². The minimum absolute atomic E-state index is 0. The maximum Gasteiger partial charge on any atom is 0.294 e. The van der Waals surface area contributed by atoms with E-state index < -0.39 is 25.5 Å². The number of unbranched alkanes of at least 4 members (excludes halogenated alkanes) is 9. The fourth-order valence-electron chi connectivity index (χ4n) is 4.05. The van der Waals surface area contributed by atoms with Crippen molar-refractivity contribution in [3.05, 3.63) is 23.5 Å². The van der Waals surface area contributed by atoms with Crippen LogP contribution in [0.1, 0.15) is 95.9 Å². The van der Waals surface area contributed by atoms with E-state index in [1.165, 1.54) is 70.4 Å². The van der Waals surface area contributed by atoms with Crippen LogP contribution in [0.4, 0.5) is 0 Å². The number of benzene rings is 1. The Balaban J connectivity index is 0.00000578. The summed E-state index contributed by atoms with van der Waals surface area (Å²) in [5, 5.41) is -1.06. The first-order valence-electron chi connectivity index (χ1n) is 12.0. The Morgan fingerprint density at radius 1 is 0.882 bits per heavy atom. The number of aryl methyl sites for hydroxylation is 2. The SMILES string of the molecule is CCCCCCCCCCCCc1nc2ccc(S(=O)(=O)O)c(CCC(C)S(=O)(=O)O)c2[nH]1.[K]. The van der Waals surface area contributed by atoms with Gasteiger partial charge >= 0.3 is 0 Å². The first-order chi connectivity index (χ1) is 15.5. The molecule has 1 aromatic carbocycles. The smallest absolute Gasteiger partial charge is 0.294 e. The molecular formula is C23H38KN2O6S2. The number of aromatic nitrogens is 2. The average molecular weight is 542 g/mol. The Hall–Kier alpha value is 0.146. The van der Waals surface area contributed by atoms with E-state index in [-0.39, 0.29) is 74.7 Å². The van der Waals surface area contributed by atoms with E-state index in [1.807, 2.05) is 0 Å². The zero-order valence-corrected chi connectivity index (χ0v) is 25.5. The molecule has 0 spiro atoms. The van der Waals surface area contributed by atoms with Gasteiger partial charge in [0.1, 0.15) is 5.82 Å². The molecular weight excluding hydrogens is 503 g/mol. The summed E-state index contributed by atoms with van der Waals surface area (Å²) in [7, 11) is -8.73. The van der Waals surface area contributed by atoms with Crippen molar-refractivity contribution in [2.24, 2.45) is 0 Å². The van der Waals surface area contributed by atoms with Crippen LogP contribution in [0, 0.1) is 0 Å². The molecule has 0 bridgehead atoms. The first-order valence-corrected chi connectivity index (χ1v) is 14.9. The number of hydrogen-bond donors (Lipinski definition) is 3. The predicted octanol–water partition coefficient (Wildman–Crippen LogP) is 5.10. The normalized spacial score (nSPS) is 13.2. The van der Waals surface area contributed by atoms with Gasteiger partial charge in [0.25, 0.3) is 20.2 Å². The molecule has 1 unspecified atom stereocenters. The van der Waals surface area contributed by atoms with Crippen LogP contribution < -0.4 is 0 Å². The number of imidazole rings is 1. The zero-order chi connectivity index (χ0) is 24.5. The molecule has 0 aliphatic rings. The van der Waals surface area contributed by atoms with E-state index in [0.29, 0.717) is 11.0 Å². The van der Waals surface area contributed by atoms with Gasteiger partial charge in [-0.1, -0.05) is 64.7 Å². The van der Waals surface area contributed by atoms with Gasteiger partial charge in [-0.2, -0.15) is 16.8 Å². The van der Waals surface area contributed by atoms with Crippen LogP contribution in [0.2, 0.25) is 0 Å². The van der Waals surface area contributed by atoms with Crippen LogP contribution in [0.25, 0.3) is 11.0 Å². The van der Waals surface area contributed by atoms with Gasteiger partial charge < -0.3 is 4.98 Å². The third-order valence-electron chi connectivity index (χ3n) is 6.13. The van der Waals surface area contributed by atoms with Gasteiger partial charge in [0.15, 0.2) is 0 Å². The minimum atomic E-state index is -4.50. The Labute approximate surface area is 247 Å². The molecule has 8 nitrogen and oxygen atoms in total. The van der Waals surface area contributed by atoms with Crippen molar-refractivity contribution in [3.63, 3.8) is 0 Å². The van der Waals surface area contributed by atoms with Gasteiger partial charge in [-0.3, -0.25) is 9.11 Å². The Morgan fingerprint density at radius 3 is 1.97 bits per heavy atom. The van der Waals surface area contributed by atoms with Gasteiger partial charge in [0, 0.05) is 57.8 Å². The second kappa shape index (κ2) is 15.4. The Morgan fingerprint density at radius 2 is 1.44 bits per heavy atom. The quantitative estimate of drug-likeness (QED) is 0.153. The summed E-state index contributed by atoms with van der Waals surface area (Å²) in [6.07, 6.45) is 13.1. The minimum Gasteiger partial charge on any atom is -0.342 e. The molecule has 2 rings (SSSR count). The van der Waals surface area contributed by atoms with Gasteiger partial charge in [0.05, 0.1) is 21.2 Å². The molecule has 34 heavy (non-hydrogen) atoms. The van der Waals surface area contributed by atoms with E-state index in [9.17, 15) is 25.9 Å². The summed E-state index contributed by atoms with van der Waals surface area (Å²) in [4.78, 5) is 7.45. The maximum absolute atomic E-state index is 11.9. The standard InChI is InChI=1S/C23H38N2O6S2.K/c1-3-4-5-6-7-8-9-10-11-12-13-22-24-20-16-17-21(33(29,30)31)19(23(20)25-22)15-14-18(2)32(26,27)28;/h16-18H,3-15H2,1-2H3,(H,24,25)(H,26,27,28)(H,29,30,31);. The summed E-state index contributed by atoms with van der Waals surface area (Å²) >= 11 is 0. The topological polar surface area (TPSA) is 137 Å².